The highest BCUT2D eigenvalue weighted by Crippen LogP contribution is 2.25. The predicted molar refractivity (Wildman–Crippen MR) is 71.8 cm³/mol. The average molecular weight is 226 g/mol. The van der Waals surface area contributed by atoms with Crippen LogP contribution in [0, 0.1) is 5.92 Å². The molecule has 0 aromatic rings. The molecule has 0 spiro atoms. The molecule has 1 aliphatic carbocycles. The van der Waals surface area contributed by atoms with Gasteiger partial charge in [0.05, 0.1) is 0 Å². The molecule has 16 heavy (non-hydrogen) atoms. The lowest BCUT2D eigenvalue weighted by Gasteiger charge is -2.21. The average Bonchev–Trinajstić information content (AvgIpc) is 2.29. The van der Waals surface area contributed by atoms with E-state index < -0.39 is 0 Å². The molecule has 0 amide bonds. The highest BCUT2D eigenvalue weighted by atomic mass is 15.0. The van der Waals surface area contributed by atoms with Gasteiger partial charge in [-0.15, -0.1) is 0 Å². The normalized spacial score (nSPS) is 18.2. The molecule has 0 saturated heterocycles. The summed E-state index contributed by atoms with van der Waals surface area (Å²) in [5, 5.41) is 3.59. The van der Waals surface area contributed by atoms with Gasteiger partial charge in [-0.2, -0.15) is 0 Å². The van der Waals surface area contributed by atoms with E-state index in [0.29, 0.717) is 0 Å². The number of unbranched alkanes of at least 4 members (excludes halogenated alkanes) is 1. The molecule has 2 heteroatoms. The van der Waals surface area contributed by atoms with Gasteiger partial charge in [-0.25, -0.2) is 0 Å². The number of nitrogens with zero attached hydrogens (tertiary/aromatic N) is 1. The van der Waals surface area contributed by atoms with Crippen LogP contribution < -0.4 is 5.32 Å². The van der Waals surface area contributed by atoms with Gasteiger partial charge >= 0.3 is 0 Å². The predicted octanol–water partition coefficient (Wildman–Crippen LogP) is 2.89. The van der Waals surface area contributed by atoms with Gasteiger partial charge in [0.15, 0.2) is 0 Å². The van der Waals surface area contributed by atoms with E-state index in [2.05, 4.69) is 24.3 Å². The number of nitrogens with one attached hydrogen (secondary N) is 1. The summed E-state index contributed by atoms with van der Waals surface area (Å²) in [5.41, 5.74) is 0. The third kappa shape index (κ3) is 7.24. The van der Waals surface area contributed by atoms with E-state index in [1.165, 1.54) is 71.0 Å². The first-order chi connectivity index (χ1) is 7.79. The Morgan fingerprint density at radius 1 is 1.00 bits per heavy atom. The van der Waals surface area contributed by atoms with Crippen molar-refractivity contribution in [1.29, 1.82) is 0 Å². The van der Waals surface area contributed by atoms with Crippen molar-refractivity contribution in [2.75, 3.05) is 33.7 Å². The summed E-state index contributed by atoms with van der Waals surface area (Å²) in [6, 6.07) is 0. The second-order valence-electron chi connectivity index (χ2n) is 5.55. The quantitative estimate of drug-likeness (QED) is 0.640. The molecule has 0 radical (unpaired) electrons. The fraction of sp³-hybridized carbons (Fsp3) is 1.00. The van der Waals surface area contributed by atoms with Crippen molar-refractivity contribution < 1.29 is 0 Å². The van der Waals surface area contributed by atoms with E-state index in [-0.39, 0.29) is 0 Å². The van der Waals surface area contributed by atoms with E-state index in [1.807, 2.05) is 0 Å². The highest BCUT2D eigenvalue weighted by molar-refractivity contribution is 4.66. The molecule has 0 bridgehead atoms. The van der Waals surface area contributed by atoms with Crippen molar-refractivity contribution in [2.24, 2.45) is 5.92 Å². The summed E-state index contributed by atoms with van der Waals surface area (Å²) < 4.78 is 0. The maximum Gasteiger partial charge on any atom is -0.00244 e. The Hall–Kier alpha value is -0.0800. The zero-order chi connectivity index (χ0) is 11.6. The number of rotatable bonds is 8. The van der Waals surface area contributed by atoms with Crippen molar-refractivity contribution in [3.63, 3.8) is 0 Å². The minimum Gasteiger partial charge on any atom is -0.317 e. The zero-order valence-electron chi connectivity index (χ0n) is 11.3. The Morgan fingerprint density at radius 3 is 2.44 bits per heavy atom. The van der Waals surface area contributed by atoms with Crippen LogP contribution in [0.1, 0.15) is 51.4 Å². The summed E-state index contributed by atoms with van der Waals surface area (Å²) in [7, 11) is 4.30. The van der Waals surface area contributed by atoms with Gasteiger partial charge in [0.2, 0.25) is 0 Å². The lowest BCUT2D eigenvalue weighted by Crippen LogP contribution is -2.21. The maximum atomic E-state index is 3.59. The smallest absolute Gasteiger partial charge is 0.00244 e. The minimum atomic E-state index is 1.03. The van der Waals surface area contributed by atoms with Crippen molar-refractivity contribution in [1.82, 2.24) is 10.2 Å². The summed E-state index contributed by atoms with van der Waals surface area (Å²) in [6.07, 6.45) is 11.5. The van der Waals surface area contributed by atoms with Gasteiger partial charge in [0.1, 0.15) is 0 Å². The second kappa shape index (κ2) is 9.00. The topological polar surface area (TPSA) is 15.3 Å². The van der Waals surface area contributed by atoms with E-state index in [1.54, 1.807) is 0 Å². The molecule has 96 valence electrons. The fourth-order valence-corrected chi connectivity index (χ4v) is 2.59. The van der Waals surface area contributed by atoms with Gasteiger partial charge in [0, 0.05) is 0 Å². The van der Waals surface area contributed by atoms with Crippen molar-refractivity contribution in [2.45, 2.75) is 51.4 Å². The van der Waals surface area contributed by atoms with E-state index in [0.717, 1.165) is 5.92 Å². The molecule has 2 nitrogen and oxygen atoms in total. The molecule has 0 heterocycles. The lowest BCUT2D eigenvalue weighted by atomic mass is 9.87. The third-order valence-electron chi connectivity index (χ3n) is 3.66. The summed E-state index contributed by atoms with van der Waals surface area (Å²) in [5.74, 6) is 1.03. The van der Waals surface area contributed by atoms with Crippen molar-refractivity contribution >= 4 is 0 Å². The molecule has 1 rings (SSSR count). The van der Waals surface area contributed by atoms with Crippen LogP contribution in [0.5, 0.6) is 0 Å². The molecule has 0 aromatic heterocycles. The molecule has 0 unspecified atom stereocenters. The summed E-state index contributed by atoms with van der Waals surface area (Å²) in [6.45, 7) is 3.68. The third-order valence-corrected chi connectivity index (χ3v) is 3.66. The molecule has 1 fully saturated rings. The molecule has 0 aromatic carbocycles. The molecule has 1 saturated carbocycles. The van der Waals surface area contributed by atoms with Crippen molar-refractivity contribution in [3.05, 3.63) is 0 Å². The molecular formula is C14H30N2. The Balaban J connectivity index is 1.80. The molecule has 1 aliphatic rings. The SMILES string of the molecule is CN(C)CCCCNCCC1CCCCC1. The second-order valence-corrected chi connectivity index (χ2v) is 5.55. The first-order valence-corrected chi connectivity index (χ1v) is 7.14. The van der Waals surface area contributed by atoms with Gasteiger partial charge in [0.25, 0.3) is 0 Å². The Morgan fingerprint density at radius 2 is 1.75 bits per heavy atom. The Kier molecular flexibility index (Phi) is 7.87. The van der Waals surface area contributed by atoms with Crippen LogP contribution in [0.15, 0.2) is 0 Å². The molecule has 0 atom stereocenters. The molecule has 0 aliphatic heterocycles. The van der Waals surface area contributed by atoms with E-state index in [4.69, 9.17) is 0 Å². The highest BCUT2D eigenvalue weighted by Gasteiger charge is 2.12. The van der Waals surface area contributed by atoms with Crippen molar-refractivity contribution in [3.8, 4) is 0 Å². The van der Waals surface area contributed by atoms with Crippen LogP contribution in [-0.2, 0) is 0 Å². The summed E-state index contributed by atoms with van der Waals surface area (Å²) in [4.78, 5) is 2.27. The van der Waals surface area contributed by atoms with Crippen LogP contribution in [0.3, 0.4) is 0 Å². The molecule has 1 N–H and O–H groups in total. The Bertz CT molecular complexity index is 151. The van der Waals surface area contributed by atoms with Crippen LogP contribution in [0.25, 0.3) is 0 Å². The van der Waals surface area contributed by atoms with E-state index in [9.17, 15) is 0 Å². The van der Waals surface area contributed by atoms with Gasteiger partial charge in [-0.1, -0.05) is 32.1 Å². The van der Waals surface area contributed by atoms with Gasteiger partial charge in [-0.3, -0.25) is 0 Å². The van der Waals surface area contributed by atoms with Crippen LogP contribution >= 0.6 is 0 Å². The van der Waals surface area contributed by atoms with Gasteiger partial charge < -0.3 is 10.2 Å². The van der Waals surface area contributed by atoms with Gasteiger partial charge in [-0.05, 0) is 58.9 Å². The summed E-state index contributed by atoms with van der Waals surface area (Å²) >= 11 is 0. The lowest BCUT2D eigenvalue weighted by molar-refractivity contribution is 0.332. The standard InChI is InChI=1S/C14H30N2/c1-16(2)13-7-6-11-15-12-10-14-8-4-3-5-9-14/h14-15H,3-13H2,1-2H3. The van der Waals surface area contributed by atoms with E-state index >= 15 is 0 Å². The van der Waals surface area contributed by atoms with Crippen LogP contribution in [0.2, 0.25) is 0 Å². The van der Waals surface area contributed by atoms with Crippen LogP contribution in [-0.4, -0.2) is 38.6 Å². The number of hydrogen-bond donors (Lipinski definition) is 1. The first-order valence-electron chi connectivity index (χ1n) is 7.14. The number of hydrogen-bond acceptors (Lipinski definition) is 2. The maximum absolute atomic E-state index is 3.59. The fourth-order valence-electron chi connectivity index (χ4n) is 2.59. The minimum absolute atomic E-state index is 1.03. The largest absolute Gasteiger partial charge is 0.317 e. The zero-order valence-corrected chi connectivity index (χ0v) is 11.3. The first kappa shape index (κ1) is 14.0. The van der Waals surface area contributed by atoms with Crippen LogP contribution in [0.4, 0.5) is 0 Å². The Labute approximate surface area is 102 Å². The molecular weight excluding hydrogens is 196 g/mol. The monoisotopic (exact) mass is 226 g/mol.